The Morgan fingerprint density at radius 3 is 2.12 bits per heavy atom. The number of aromatic nitrogens is 3. The van der Waals surface area contributed by atoms with Gasteiger partial charge in [-0.2, -0.15) is 4.98 Å². The van der Waals surface area contributed by atoms with Gasteiger partial charge in [-0.15, -0.1) is 0 Å². The molecule has 2 aromatic heterocycles. The standard InChI is InChI=1S/C26H21N5O/c27-22-25(31-23(18-9-3-1-4-10-18)19-11-5-2-6-12-19)29-17-30-26(22)32-21-15-7-13-20-14-8-16-28-24(20)21/h1-17,23H,27H2,(H,29,30,31). The summed E-state index contributed by atoms with van der Waals surface area (Å²) < 4.78 is 6.08. The second-order valence-corrected chi connectivity index (χ2v) is 7.27. The maximum atomic E-state index is 6.45. The van der Waals surface area contributed by atoms with Crippen LogP contribution in [0.25, 0.3) is 10.9 Å². The highest BCUT2D eigenvalue weighted by Gasteiger charge is 2.18. The number of hydrogen-bond acceptors (Lipinski definition) is 6. The molecule has 0 fully saturated rings. The van der Waals surface area contributed by atoms with Gasteiger partial charge in [0.05, 0.1) is 6.04 Å². The van der Waals surface area contributed by atoms with E-state index < -0.39 is 0 Å². The minimum Gasteiger partial charge on any atom is -0.435 e. The Morgan fingerprint density at radius 1 is 0.719 bits per heavy atom. The molecule has 6 nitrogen and oxygen atoms in total. The van der Waals surface area contributed by atoms with Crippen molar-refractivity contribution < 1.29 is 4.74 Å². The average Bonchev–Trinajstić information content (AvgIpc) is 2.86. The normalized spacial score (nSPS) is 10.9. The zero-order valence-electron chi connectivity index (χ0n) is 17.2. The second kappa shape index (κ2) is 8.73. The van der Waals surface area contributed by atoms with Crippen LogP contribution in [-0.2, 0) is 0 Å². The number of anilines is 2. The molecule has 0 atom stereocenters. The first-order valence-corrected chi connectivity index (χ1v) is 10.3. The smallest absolute Gasteiger partial charge is 0.248 e. The van der Waals surface area contributed by atoms with Crippen LogP contribution in [0.3, 0.4) is 0 Å². The van der Waals surface area contributed by atoms with Gasteiger partial charge in [-0.05, 0) is 23.3 Å². The van der Waals surface area contributed by atoms with Crippen LogP contribution in [0.15, 0.2) is 104 Å². The Morgan fingerprint density at radius 2 is 1.41 bits per heavy atom. The number of rotatable bonds is 6. The van der Waals surface area contributed by atoms with Crippen LogP contribution in [0.2, 0.25) is 0 Å². The van der Waals surface area contributed by atoms with Gasteiger partial charge in [0.2, 0.25) is 5.88 Å². The van der Waals surface area contributed by atoms with Gasteiger partial charge in [0, 0.05) is 11.6 Å². The maximum Gasteiger partial charge on any atom is 0.248 e. The first-order chi connectivity index (χ1) is 15.8. The van der Waals surface area contributed by atoms with Gasteiger partial charge in [0.1, 0.15) is 17.5 Å². The van der Waals surface area contributed by atoms with Crippen LogP contribution in [-0.4, -0.2) is 15.0 Å². The fourth-order valence-electron chi connectivity index (χ4n) is 3.63. The third kappa shape index (κ3) is 3.94. The summed E-state index contributed by atoms with van der Waals surface area (Å²) in [6.07, 6.45) is 3.18. The number of benzene rings is 3. The molecule has 0 amide bonds. The minimum atomic E-state index is -0.137. The highest BCUT2D eigenvalue weighted by atomic mass is 16.5. The van der Waals surface area contributed by atoms with E-state index in [9.17, 15) is 0 Å². The Kier molecular flexibility index (Phi) is 5.32. The lowest BCUT2D eigenvalue weighted by molar-refractivity contribution is 0.468. The molecule has 0 aliphatic carbocycles. The number of pyridine rings is 1. The van der Waals surface area contributed by atoms with Crippen molar-refractivity contribution in [2.75, 3.05) is 11.1 Å². The summed E-state index contributed by atoms with van der Waals surface area (Å²) >= 11 is 0. The average molecular weight is 419 g/mol. The van der Waals surface area contributed by atoms with Crippen molar-refractivity contribution >= 4 is 22.4 Å². The SMILES string of the molecule is Nc1c(NC(c2ccccc2)c2ccccc2)ncnc1Oc1cccc2cccnc12. The topological polar surface area (TPSA) is 86.0 Å². The number of nitrogen functional groups attached to an aromatic ring is 1. The summed E-state index contributed by atoms with van der Waals surface area (Å²) in [5.41, 5.74) is 9.71. The Labute approximate surface area is 185 Å². The van der Waals surface area contributed by atoms with Crippen molar-refractivity contribution in [2.45, 2.75) is 6.04 Å². The molecule has 6 heteroatoms. The van der Waals surface area contributed by atoms with E-state index in [4.69, 9.17) is 10.5 Å². The predicted octanol–water partition coefficient (Wildman–Crippen LogP) is 5.60. The monoisotopic (exact) mass is 419 g/mol. The summed E-state index contributed by atoms with van der Waals surface area (Å²) in [6, 6.07) is 29.8. The molecule has 0 saturated carbocycles. The highest BCUT2D eigenvalue weighted by molar-refractivity contribution is 5.84. The third-order valence-electron chi connectivity index (χ3n) is 5.20. The first kappa shape index (κ1) is 19.5. The lowest BCUT2D eigenvalue weighted by atomic mass is 9.99. The van der Waals surface area contributed by atoms with Crippen molar-refractivity contribution in [3.63, 3.8) is 0 Å². The molecule has 0 saturated heterocycles. The van der Waals surface area contributed by atoms with Crippen LogP contribution in [0.1, 0.15) is 17.2 Å². The second-order valence-electron chi connectivity index (χ2n) is 7.27. The van der Waals surface area contributed by atoms with Crippen LogP contribution >= 0.6 is 0 Å². The van der Waals surface area contributed by atoms with E-state index >= 15 is 0 Å². The van der Waals surface area contributed by atoms with Crippen LogP contribution in [0, 0.1) is 0 Å². The number of hydrogen-bond donors (Lipinski definition) is 2. The fraction of sp³-hybridized carbons (Fsp3) is 0.0385. The van der Waals surface area contributed by atoms with E-state index in [1.54, 1.807) is 6.20 Å². The summed E-state index contributed by atoms with van der Waals surface area (Å²) in [7, 11) is 0. The highest BCUT2D eigenvalue weighted by Crippen LogP contribution is 2.35. The van der Waals surface area contributed by atoms with Gasteiger partial charge < -0.3 is 15.8 Å². The zero-order valence-corrected chi connectivity index (χ0v) is 17.2. The molecule has 0 spiro atoms. The van der Waals surface area contributed by atoms with Gasteiger partial charge in [-0.1, -0.05) is 78.9 Å². The van der Waals surface area contributed by atoms with Crippen molar-refractivity contribution in [2.24, 2.45) is 0 Å². The summed E-state index contributed by atoms with van der Waals surface area (Å²) in [5.74, 6) is 1.36. The van der Waals surface area contributed by atoms with Gasteiger partial charge in [0.15, 0.2) is 11.6 Å². The number of nitrogens with two attached hydrogens (primary N) is 1. The van der Waals surface area contributed by atoms with Crippen molar-refractivity contribution in [3.8, 4) is 11.6 Å². The number of para-hydroxylation sites is 1. The largest absolute Gasteiger partial charge is 0.435 e. The molecule has 2 heterocycles. The Hall–Kier alpha value is -4.45. The molecule has 0 bridgehead atoms. The molecular formula is C26H21N5O. The number of nitrogens with zero attached hydrogens (tertiary/aromatic N) is 3. The molecule has 3 N–H and O–H groups in total. The van der Waals surface area contributed by atoms with Crippen LogP contribution < -0.4 is 15.8 Å². The number of ether oxygens (including phenoxy) is 1. The minimum absolute atomic E-state index is 0.137. The van der Waals surface area contributed by atoms with Crippen LogP contribution in [0.5, 0.6) is 11.6 Å². The molecule has 32 heavy (non-hydrogen) atoms. The molecule has 156 valence electrons. The van der Waals surface area contributed by atoms with Crippen LogP contribution in [0.4, 0.5) is 11.5 Å². The summed E-state index contributed by atoms with van der Waals surface area (Å²) in [6.45, 7) is 0. The van der Waals surface area contributed by atoms with Gasteiger partial charge in [0.25, 0.3) is 0 Å². The lowest BCUT2D eigenvalue weighted by Crippen LogP contribution is -2.15. The Balaban J connectivity index is 1.50. The Bertz CT molecular complexity index is 1300. The molecule has 5 aromatic rings. The molecular weight excluding hydrogens is 398 g/mol. The first-order valence-electron chi connectivity index (χ1n) is 10.3. The van der Waals surface area contributed by atoms with E-state index in [0.29, 0.717) is 17.3 Å². The number of fused-ring (bicyclic) bond motifs is 1. The zero-order chi connectivity index (χ0) is 21.8. The molecule has 0 aliphatic heterocycles. The van der Waals surface area contributed by atoms with E-state index in [0.717, 1.165) is 22.0 Å². The molecule has 3 aromatic carbocycles. The molecule has 0 radical (unpaired) electrons. The van der Waals surface area contributed by atoms with Crippen molar-refractivity contribution in [1.29, 1.82) is 0 Å². The molecule has 5 rings (SSSR count). The van der Waals surface area contributed by atoms with Gasteiger partial charge in [-0.3, -0.25) is 4.98 Å². The van der Waals surface area contributed by atoms with Crippen molar-refractivity contribution in [3.05, 3.63) is 115 Å². The molecule has 0 unspecified atom stereocenters. The number of nitrogens with one attached hydrogen (secondary N) is 1. The maximum absolute atomic E-state index is 6.45. The van der Waals surface area contributed by atoms with E-state index in [-0.39, 0.29) is 11.9 Å². The van der Waals surface area contributed by atoms with E-state index in [1.807, 2.05) is 66.7 Å². The lowest BCUT2D eigenvalue weighted by Gasteiger charge is -2.21. The van der Waals surface area contributed by atoms with Gasteiger partial charge in [-0.25, -0.2) is 4.98 Å². The predicted molar refractivity (Wildman–Crippen MR) is 127 cm³/mol. The van der Waals surface area contributed by atoms with E-state index in [1.165, 1.54) is 6.33 Å². The van der Waals surface area contributed by atoms with Crippen molar-refractivity contribution in [1.82, 2.24) is 15.0 Å². The van der Waals surface area contributed by atoms with Gasteiger partial charge >= 0.3 is 0 Å². The summed E-state index contributed by atoms with van der Waals surface area (Å²) in [5, 5.41) is 4.45. The molecule has 0 aliphatic rings. The third-order valence-corrected chi connectivity index (χ3v) is 5.20. The summed E-state index contributed by atoms with van der Waals surface area (Å²) in [4.78, 5) is 13.1. The quantitative estimate of drug-likeness (QED) is 0.373. The van der Waals surface area contributed by atoms with E-state index in [2.05, 4.69) is 44.5 Å². The fourth-order valence-corrected chi connectivity index (χ4v) is 3.63.